The van der Waals surface area contributed by atoms with Gasteiger partial charge in [0.1, 0.15) is 29.4 Å². The molecule has 4 heterocycles. The van der Waals surface area contributed by atoms with Gasteiger partial charge in [-0.05, 0) is 55.1 Å². The van der Waals surface area contributed by atoms with Crippen LogP contribution in [0.5, 0.6) is 0 Å². The fraction of sp³-hybridized carbons (Fsp3) is 0.568. The smallest absolute Gasteiger partial charge is 0.407 e. The van der Waals surface area contributed by atoms with Crippen molar-refractivity contribution in [2.24, 2.45) is 16.7 Å². The lowest BCUT2D eigenvalue weighted by Crippen LogP contribution is -2.60. The number of nitrogens with one attached hydrogen (secondary N) is 3. The Kier molecular flexibility index (Phi) is 9.98. The number of sulfonamides is 1. The molecular weight excluding hydrogens is 705 g/mol. The van der Waals surface area contributed by atoms with Crippen molar-refractivity contribution < 1.29 is 41.9 Å². The Balaban J connectivity index is 1.32. The highest BCUT2D eigenvalue weighted by Gasteiger charge is 2.62. The highest BCUT2D eigenvalue weighted by atomic mass is 32.2. The molecule has 3 fully saturated rings. The van der Waals surface area contributed by atoms with E-state index in [1.807, 2.05) is 38.1 Å². The third-order valence-electron chi connectivity index (χ3n) is 10.3. The number of alkyl carbamates (subject to hydrolysis) is 1. The Bertz CT molecular complexity index is 1980. The first-order valence-corrected chi connectivity index (χ1v) is 19.5. The van der Waals surface area contributed by atoms with Gasteiger partial charge in [0, 0.05) is 30.3 Å². The zero-order valence-electron chi connectivity index (χ0n) is 30.7. The lowest BCUT2D eigenvalue weighted by Gasteiger charge is -2.35. The largest absolute Gasteiger partial charge is 0.456 e. The molecule has 0 aromatic carbocycles. The molecule has 4 amide bonds. The molecular formula is C37H48N6O9S. The lowest BCUT2D eigenvalue weighted by atomic mass is 9.85. The number of fused-ring (bicyclic) bond motifs is 3. The molecule has 2 aliphatic heterocycles. The Morgan fingerprint density at radius 2 is 1.91 bits per heavy atom. The van der Waals surface area contributed by atoms with Crippen molar-refractivity contribution in [2.45, 2.75) is 102 Å². The number of hydrogen-bond acceptors (Lipinski definition) is 10. The van der Waals surface area contributed by atoms with E-state index in [-0.39, 0.29) is 31.7 Å². The van der Waals surface area contributed by atoms with Gasteiger partial charge in [-0.25, -0.2) is 23.0 Å². The maximum Gasteiger partial charge on any atom is 0.407 e. The zero-order valence-corrected chi connectivity index (χ0v) is 31.5. The molecule has 15 nitrogen and oxygen atoms in total. The summed E-state index contributed by atoms with van der Waals surface area (Å²) in [4.78, 5) is 74.6. The predicted octanol–water partition coefficient (Wildman–Crippen LogP) is 3.10. The van der Waals surface area contributed by atoms with Crippen LogP contribution in [-0.2, 0) is 33.9 Å². The maximum atomic E-state index is 14.5. The summed E-state index contributed by atoms with van der Waals surface area (Å²) < 4.78 is 40.7. The van der Waals surface area contributed by atoms with Crippen LogP contribution in [0.3, 0.4) is 0 Å². The third-order valence-corrected chi connectivity index (χ3v) is 12.2. The number of rotatable bonds is 6. The second-order valence-corrected chi connectivity index (χ2v) is 18.4. The number of cyclic esters (lactones) is 1. The summed E-state index contributed by atoms with van der Waals surface area (Å²) in [6.07, 6.45) is 9.10. The van der Waals surface area contributed by atoms with E-state index in [1.54, 1.807) is 37.6 Å². The lowest BCUT2D eigenvalue weighted by molar-refractivity contribution is -0.143. The van der Waals surface area contributed by atoms with E-state index in [0.29, 0.717) is 31.3 Å². The summed E-state index contributed by atoms with van der Waals surface area (Å²) in [5.41, 5.74) is -1.53. The second-order valence-electron chi connectivity index (χ2n) is 16.4. The number of allylic oxidation sites excluding steroid dienone is 1. The Morgan fingerprint density at radius 3 is 2.57 bits per heavy atom. The number of esters is 1. The highest BCUT2D eigenvalue weighted by Crippen LogP contribution is 2.45. The van der Waals surface area contributed by atoms with Crippen molar-refractivity contribution in [1.82, 2.24) is 29.6 Å². The van der Waals surface area contributed by atoms with Gasteiger partial charge in [0.25, 0.3) is 5.91 Å². The molecule has 2 aromatic rings. The van der Waals surface area contributed by atoms with Crippen molar-refractivity contribution in [3.63, 3.8) is 0 Å². The van der Waals surface area contributed by atoms with E-state index in [4.69, 9.17) is 9.47 Å². The van der Waals surface area contributed by atoms with Crippen LogP contribution in [0.4, 0.5) is 4.79 Å². The van der Waals surface area contributed by atoms with Crippen LogP contribution in [-0.4, -0.2) is 94.6 Å². The first-order valence-electron chi connectivity index (χ1n) is 17.9. The van der Waals surface area contributed by atoms with Gasteiger partial charge in [0.15, 0.2) is 5.69 Å². The minimum Gasteiger partial charge on any atom is -0.456 e. The van der Waals surface area contributed by atoms with Crippen LogP contribution in [0, 0.1) is 16.7 Å². The molecule has 0 radical (unpaired) electrons. The Hall–Kier alpha value is -4.73. The first-order chi connectivity index (χ1) is 24.8. The third kappa shape index (κ3) is 8.11. The summed E-state index contributed by atoms with van der Waals surface area (Å²) in [6.45, 7) is 12.8. The molecule has 6 rings (SSSR count). The monoisotopic (exact) mass is 752 g/mol. The normalized spacial score (nSPS) is 28.7. The summed E-state index contributed by atoms with van der Waals surface area (Å²) >= 11 is 0. The van der Waals surface area contributed by atoms with Crippen molar-refractivity contribution >= 4 is 51.5 Å². The van der Waals surface area contributed by atoms with Crippen LogP contribution in [0.1, 0.15) is 89.2 Å². The van der Waals surface area contributed by atoms with Crippen LogP contribution < -0.4 is 15.4 Å². The van der Waals surface area contributed by atoms with Gasteiger partial charge in [0.2, 0.25) is 21.8 Å². The van der Waals surface area contributed by atoms with Crippen LogP contribution in [0.25, 0.3) is 11.7 Å². The quantitative estimate of drug-likeness (QED) is 0.292. The fourth-order valence-corrected chi connectivity index (χ4v) is 8.22. The number of carbonyl (C=O) groups excluding carboxylic acids is 5. The fourth-order valence-electron chi connectivity index (χ4n) is 6.86. The summed E-state index contributed by atoms with van der Waals surface area (Å²) in [5, 5.41) is 4.77. The molecule has 16 heteroatoms. The van der Waals surface area contributed by atoms with E-state index < -0.39 is 85.5 Å². The molecule has 5 atom stereocenters. The number of carbonyl (C=O) groups is 5. The second kappa shape index (κ2) is 13.9. The van der Waals surface area contributed by atoms with Crippen molar-refractivity contribution in [2.75, 3.05) is 13.2 Å². The minimum atomic E-state index is -3.93. The topological polar surface area (TPSA) is 195 Å². The molecule has 2 aliphatic carbocycles. The number of aromatic nitrogens is 2. The van der Waals surface area contributed by atoms with Crippen LogP contribution in [0.2, 0.25) is 0 Å². The van der Waals surface area contributed by atoms with Crippen LogP contribution in [0.15, 0.2) is 43.3 Å². The molecule has 2 saturated carbocycles. The highest BCUT2D eigenvalue weighted by molar-refractivity contribution is 7.91. The number of amides is 4. The standard InChI is InChI=1S/C37H48N6O9S/c1-7-23-18-37(23,33(47)41-53(49,50)25-13-14-25)40-30(44)27-17-24-19-43(27)31(45)28(35(2,3)4)39-34(48)51-21-36(5,6)15-9-8-11-22-12-10-16-42-20-26(32(46)52-24)38-29(22)42/h7-8,10-12,16,20,23-25,27-28H,1,9,13-15,17-19,21H2,2-6H3,(H,39,48)(H,40,44)(H,41,47)/b11-8+/t23-,24+,27-,28+,37+/m0/s1. The van der Waals surface area contributed by atoms with Gasteiger partial charge in [-0.15, -0.1) is 6.58 Å². The molecule has 0 spiro atoms. The van der Waals surface area contributed by atoms with Gasteiger partial charge in [-0.3, -0.25) is 19.1 Å². The summed E-state index contributed by atoms with van der Waals surface area (Å²) in [7, 11) is -3.93. The Morgan fingerprint density at radius 1 is 1.17 bits per heavy atom. The molecule has 2 aromatic heterocycles. The van der Waals surface area contributed by atoms with Crippen LogP contribution >= 0.6 is 0 Å². The molecule has 4 bridgehead atoms. The maximum absolute atomic E-state index is 14.5. The number of ether oxygens (including phenoxy) is 2. The molecule has 0 unspecified atom stereocenters. The van der Waals surface area contributed by atoms with E-state index >= 15 is 0 Å². The van der Waals surface area contributed by atoms with E-state index in [1.165, 1.54) is 11.0 Å². The Labute approximate surface area is 309 Å². The molecule has 53 heavy (non-hydrogen) atoms. The minimum absolute atomic E-state index is 0.0310. The van der Waals surface area contributed by atoms with Gasteiger partial charge < -0.3 is 29.4 Å². The van der Waals surface area contributed by atoms with Gasteiger partial charge in [0.05, 0.1) is 18.4 Å². The van der Waals surface area contributed by atoms with Crippen molar-refractivity contribution in [3.8, 4) is 0 Å². The van der Waals surface area contributed by atoms with Crippen molar-refractivity contribution in [1.29, 1.82) is 0 Å². The summed E-state index contributed by atoms with van der Waals surface area (Å²) in [5.74, 6) is -3.59. The van der Waals surface area contributed by atoms with E-state index in [2.05, 4.69) is 26.9 Å². The molecule has 1 saturated heterocycles. The number of nitrogens with zero attached hydrogens (tertiary/aromatic N) is 3. The number of hydrogen-bond donors (Lipinski definition) is 3. The van der Waals surface area contributed by atoms with E-state index in [9.17, 15) is 32.4 Å². The summed E-state index contributed by atoms with van der Waals surface area (Å²) in [6, 6.07) is 1.27. The average molecular weight is 753 g/mol. The van der Waals surface area contributed by atoms with E-state index in [0.717, 1.165) is 5.56 Å². The van der Waals surface area contributed by atoms with Crippen molar-refractivity contribution in [3.05, 3.63) is 54.5 Å². The molecule has 3 N–H and O–H groups in total. The zero-order chi connectivity index (χ0) is 38.5. The number of pyridine rings is 1. The molecule has 4 aliphatic rings. The SMILES string of the molecule is C=C[C@H]1C[C@]1(NC(=O)[C@@H]1C[C@@H]2CN1C(=O)[C@H](C(C)(C)C)NC(=O)OCC(C)(C)CC/C=C/c1cccn3cc(nc13)C(=O)O2)C(=O)NS(=O)(=O)C1CC1. The predicted molar refractivity (Wildman–Crippen MR) is 194 cm³/mol. The van der Waals surface area contributed by atoms with Gasteiger partial charge in [-0.1, -0.05) is 52.8 Å². The molecule has 286 valence electrons. The van der Waals surface area contributed by atoms with Gasteiger partial charge in [-0.2, -0.15) is 0 Å². The van der Waals surface area contributed by atoms with Gasteiger partial charge >= 0.3 is 12.1 Å². The first kappa shape index (κ1) is 38.0. The number of imidazole rings is 1. The average Bonchev–Trinajstić information content (AvgIpc) is 3.97.